The van der Waals surface area contributed by atoms with Crippen molar-refractivity contribution in [3.8, 4) is 28.7 Å². The van der Waals surface area contributed by atoms with Crippen molar-refractivity contribution in [1.29, 1.82) is 5.26 Å². The maximum atomic E-state index is 10.2. The van der Waals surface area contributed by atoms with Gasteiger partial charge in [0.25, 0.3) is 0 Å². The highest BCUT2D eigenvalue weighted by Gasteiger charge is 2.18. The standard InChI is InChI=1S/C31H20N4/c32-20-28-29(25-16-14-21-8-4-6-10-23(21)18-25)34-30(35-31(28)33-27-12-2-1-3-13-27)26-17-15-22-9-5-7-11-24(22)19-26/h1-19H,(H,33,34,35). The second-order valence-electron chi connectivity index (χ2n) is 8.35. The number of hydrogen-bond donors (Lipinski definition) is 1. The molecule has 0 aliphatic carbocycles. The summed E-state index contributed by atoms with van der Waals surface area (Å²) in [6.45, 7) is 0. The molecule has 0 aliphatic heterocycles. The van der Waals surface area contributed by atoms with Gasteiger partial charge in [-0.05, 0) is 45.8 Å². The molecule has 0 saturated carbocycles. The Morgan fingerprint density at radius 1 is 0.571 bits per heavy atom. The highest BCUT2D eigenvalue weighted by molar-refractivity contribution is 5.90. The average Bonchev–Trinajstić information content (AvgIpc) is 2.92. The Morgan fingerprint density at radius 2 is 1.14 bits per heavy atom. The summed E-state index contributed by atoms with van der Waals surface area (Å²) in [4.78, 5) is 9.75. The van der Waals surface area contributed by atoms with Crippen molar-refractivity contribution < 1.29 is 0 Å². The Kier molecular flexibility index (Phi) is 5.14. The first-order valence-electron chi connectivity index (χ1n) is 11.4. The van der Waals surface area contributed by atoms with Crippen LogP contribution >= 0.6 is 0 Å². The van der Waals surface area contributed by atoms with Crippen molar-refractivity contribution in [2.75, 3.05) is 5.32 Å². The van der Waals surface area contributed by atoms with E-state index in [-0.39, 0.29) is 0 Å². The van der Waals surface area contributed by atoms with Gasteiger partial charge in [-0.1, -0.05) is 91.0 Å². The summed E-state index contributed by atoms with van der Waals surface area (Å²) in [5.74, 6) is 1.05. The summed E-state index contributed by atoms with van der Waals surface area (Å²) in [6, 6.07) is 40.9. The second kappa shape index (κ2) is 8.74. The molecule has 1 heterocycles. The molecule has 1 N–H and O–H groups in total. The molecular weight excluding hydrogens is 428 g/mol. The first-order valence-corrected chi connectivity index (χ1v) is 11.4. The Labute approximate surface area is 203 Å². The zero-order valence-corrected chi connectivity index (χ0v) is 18.8. The normalized spacial score (nSPS) is 10.8. The van der Waals surface area contributed by atoms with E-state index < -0.39 is 0 Å². The molecular formula is C31H20N4. The quantitative estimate of drug-likeness (QED) is 0.300. The van der Waals surface area contributed by atoms with Gasteiger partial charge in [0.2, 0.25) is 0 Å². The average molecular weight is 449 g/mol. The van der Waals surface area contributed by atoms with Gasteiger partial charge in [0.15, 0.2) is 11.6 Å². The van der Waals surface area contributed by atoms with Crippen LogP contribution in [0.15, 0.2) is 115 Å². The zero-order valence-electron chi connectivity index (χ0n) is 18.8. The highest BCUT2D eigenvalue weighted by atomic mass is 15.0. The van der Waals surface area contributed by atoms with E-state index in [1.807, 2.05) is 66.7 Å². The Bertz CT molecular complexity index is 1730. The van der Waals surface area contributed by atoms with Crippen molar-refractivity contribution in [2.45, 2.75) is 0 Å². The molecule has 0 atom stereocenters. The lowest BCUT2D eigenvalue weighted by Gasteiger charge is -2.14. The van der Waals surface area contributed by atoms with Crippen LogP contribution in [0.3, 0.4) is 0 Å². The van der Waals surface area contributed by atoms with E-state index in [1.54, 1.807) is 0 Å². The number of hydrogen-bond acceptors (Lipinski definition) is 4. The van der Waals surface area contributed by atoms with Crippen molar-refractivity contribution in [1.82, 2.24) is 9.97 Å². The minimum atomic E-state index is 0.411. The third-order valence-corrected chi connectivity index (χ3v) is 6.09. The van der Waals surface area contributed by atoms with E-state index in [0.717, 1.165) is 38.4 Å². The van der Waals surface area contributed by atoms with Crippen LogP contribution < -0.4 is 5.32 Å². The van der Waals surface area contributed by atoms with E-state index >= 15 is 0 Å². The smallest absolute Gasteiger partial charge is 0.162 e. The van der Waals surface area contributed by atoms with Gasteiger partial charge < -0.3 is 5.32 Å². The third kappa shape index (κ3) is 3.96. The van der Waals surface area contributed by atoms with Gasteiger partial charge in [0.1, 0.15) is 11.6 Å². The number of benzene rings is 5. The summed E-state index contributed by atoms with van der Waals surface area (Å²) in [6.07, 6.45) is 0. The maximum Gasteiger partial charge on any atom is 0.162 e. The fraction of sp³-hybridized carbons (Fsp3) is 0. The molecule has 164 valence electrons. The largest absolute Gasteiger partial charge is 0.339 e. The lowest BCUT2D eigenvalue weighted by atomic mass is 10.0. The number of nitriles is 1. The number of anilines is 2. The van der Waals surface area contributed by atoms with Crippen molar-refractivity contribution >= 4 is 33.1 Å². The molecule has 0 fully saturated rings. The van der Waals surface area contributed by atoms with Gasteiger partial charge in [0, 0.05) is 16.8 Å². The monoisotopic (exact) mass is 448 g/mol. The molecule has 0 aliphatic rings. The Balaban J connectivity index is 1.58. The predicted molar refractivity (Wildman–Crippen MR) is 142 cm³/mol. The lowest BCUT2D eigenvalue weighted by Crippen LogP contribution is -2.04. The van der Waals surface area contributed by atoms with E-state index in [1.165, 1.54) is 0 Å². The maximum absolute atomic E-state index is 10.2. The van der Waals surface area contributed by atoms with E-state index in [2.05, 4.69) is 59.9 Å². The van der Waals surface area contributed by atoms with Crippen molar-refractivity contribution in [3.63, 3.8) is 0 Å². The van der Waals surface area contributed by atoms with Gasteiger partial charge in [-0.15, -0.1) is 0 Å². The molecule has 1 aromatic heterocycles. The molecule has 6 aromatic rings. The molecule has 6 rings (SSSR count). The van der Waals surface area contributed by atoms with Gasteiger partial charge in [-0.25, -0.2) is 9.97 Å². The van der Waals surface area contributed by atoms with Crippen LogP contribution in [-0.2, 0) is 0 Å². The molecule has 0 bridgehead atoms. The molecule has 0 spiro atoms. The Hall–Kier alpha value is -5.01. The molecule has 5 aromatic carbocycles. The molecule has 0 saturated heterocycles. The Morgan fingerprint density at radius 3 is 1.80 bits per heavy atom. The summed E-state index contributed by atoms with van der Waals surface area (Å²) >= 11 is 0. The summed E-state index contributed by atoms with van der Waals surface area (Å²) < 4.78 is 0. The minimum Gasteiger partial charge on any atom is -0.339 e. The number of nitrogens with one attached hydrogen (secondary N) is 1. The molecule has 0 unspecified atom stereocenters. The third-order valence-electron chi connectivity index (χ3n) is 6.09. The molecule has 0 amide bonds. The topological polar surface area (TPSA) is 61.6 Å². The van der Waals surface area contributed by atoms with Crippen LogP contribution in [0, 0.1) is 11.3 Å². The predicted octanol–water partition coefficient (Wildman–Crippen LogP) is 7.73. The van der Waals surface area contributed by atoms with E-state index in [9.17, 15) is 5.26 Å². The van der Waals surface area contributed by atoms with Crippen LogP contribution in [-0.4, -0.2) is 9.97 Å². The van der Waals surface area contributed by atoms with Crippen LogP contribution in [0.4, 0.5) is 11.5 Å². The fourth-order valence-electron chi connectivity index (χ4n) is 4.32. The van der Waals surface area contributed by atoms with Gasteiger partial charge in [-0.3, -0.25) is 0 Å². The summed E-state index contributed by atoms with van der Waals surface area (Å²) in [5, 5.41) is 18.0. The minimum absolute atomic E-state index is 0.411. The van der Waals surface area contributed by atoms with Crippen LogP contribution in [0.2, 0.25) is 0 Å². The van der Waals surface area contributed by atoms with Crippen LogP contribution in [0.5, 0.6) is 0 Å². The zero-order chi connectivity index (χ0) is 23.6. The highest BCUT2D eigenvalue weighted by Crippen LogP contribution is 2.33. The fourth-order valence-corrected chi connectivity index (χ4v) is 4.32. The van der Waals surface area contributed by atoms with Crippen molar-refractivity contribution in [2.24, 2.45) is 0 Å². The number of nitrogens with zero attached hydrogens (tertiary/aromatic N) is 3. The van der Waals surface area contributed by atoms with E-state index in [4.69, 9.17) is 9.97 Å². The molecule has 35 heavy (non-hydrogen) atoms. The first kappa shape index (κ1) is 20.6. The summed E-state index contributed by atoms with van der Waals surface area (Å²) in [5.41, 5.74) is 3.65. The van der Waals surface area contributed by atoms with Crippen molar-refractivity contribution in [3.05, 3.63) is 121 Å². The SMILES string of the molecule is N#Cc1c(Nc2ccccc2)nc(-c2ccc3ccccc3c2)nc1-c1ccc2ccccc2c1. The van der Waals surface area contributed by atoms with Gasteiger partial charge in [-0.2, -0.15) is 5.26 Å². The molecule has 4 nitrogen and oxygen atoms in total. The lowest BCUT2D eigenvalue weighted by molar-refractivity contribution is 1.16. The van der Waals surface area contributed by atoms with Gasteiger partial charge in [0.05, 0.1) is 5.69 Å². The second-order valence-corrected chi connectivity index (χ2v) is 8.35. The summed E-state index contributed by atoms with van der Waals surface area (Å²) in [7, 11) is 0. The van der Waals surface area contributed by atoms with Gasteiger partial charge >= 0.3 is 0 Å². The van der Waals surface area contributed by atoms with Crippen LogP contribution in [0.1, 0.15) is 5.56 Å². The molecule has 0 radical (unpaired) electrons. The number of rotatable bonds is 4. The number of fused-ring (bicyclic) bond motifs is 2. The van der Waals surface area contributed by atoms with E-state index in [0.29, 0.717) is 22.9 Å². The molecule has 4 heteroatoms. The number of para-hydroxylation sites is 1. The first-order chi connectivity index (χ1) is 17.3. The van der Waals surface area contributed by atoms with Crippen LogP contribution in [0.25, 0.3) is 44.2 Å². The number of aromatic nitrogens is 2.